The molecule has 0 aliphatic carbocycles. The zero-order valence-electron chi connectivity index (χ0n) is 16.1. The third-order valence-corrected chi connectivity index (χ3v) is 6.04. The van der Waals surface area contributed by atoms with Crippen LogP contribution < -0.4 is 10.1 Å². The number of carbonyl (C=O) groups is 1. The number of hydrogen-bond donors (Lipinski definition) is 3. The van der Waals surface area contributed by atoms with Gasteiger partial charge in [0, 0.05) is 10.5 Å². The Labute approximate surface area is 190 Å². The largest absolute Gasteiger partial charge is 0.478 e. The Morgan fingerprint density at radius 3 is 2.41 bits per heavy atom. The van der Waals surface area contributed by atoms with Gasteiger partial charge >= 0.3 is 5.97 Å². The van der Waals surface area contributed by atoms with Crippen LogP contribution in [0.5, 0.6) is 0 Å². The highest BCUT2D eigenvalue weighted by atomic mass is 79.9. The van der Waals surface area contributed by atoms with Gasteiger partial charge in [0.25, 0.3) is 15.7 Å². The number of hydrazone groups is 1. The van der Waals surface area contributed by atoms with Gasteiger partial charge in [0.15, 0.2) is 0 Å². The number of para-hydroxylation sites is 1. The molecule has 0 amide bonds. The molecule has 0 atom stereocenters. The van der Waals surface area contributed by atoms with Crippen LogP contribution in [-0.4, -0.2) is 30.6 Å². The van der Waals surface area contributed by atoms with Gasteiger partial charge in [-0.05, 0) is 42.0 Å². The predicted octanol–water partition coefficient (Wildman–Crippen LogP) is 4.30. The summed E-state index contributed by atoms with van der Waals surface area (Å²) in [5.41, 5.74) is 2.31. The van der Waals surface area contributed by atoms with Gasteiger partial charge in [0.2, 0.25) is 0 Å². The first-order chi connectivity index (χ1) is 15.2. The van der Waals surface area contributed by atoms with Gasteiger partial charge < -0.3 is 5.11 Å². The summed E-state index contributed by atoms with van der Waals surface area (Å²) in [4.78, 5) is 21.6. The first-order valence-corrected chi connectivity index (χ1v) is 11.1. The Morgan fingerprint density at radius 1 is 1.06 bits per heavy atom. The van der Waals surface area contributed by atoms with E-state index in [0.717, 1.165) is 22.2 Å². The monoisotopic (exact) mass is 518 g/mol. The van der Waals surface area contributed by atoms with E-state index in [1.807, 2.05) is 0 Å². The van der Waals surface area contributed by atoms with Gasteiger partial charge in [-0.3, -0.25) is 20.3 Å². The molecule has 0 aromatic heterocycles. The molecule has 0 bridgehead atoms. The number of nitrogens with one attached hydrogen (secondary N) is 2. The van der Waals surface area contributed by atoms with Crippen LogP contribution in [0.4, 0.5) is 17.1 Å². The number of nitro groups is 1. The smallest absolute Gasteiger partial charge is 0.337 e. The Bertz CT molecular complexity index is 1310. The number of aromatic carboxylic acids is 1. The van der Waals surface area contributed by atoms with Crippen LogP contribution in [0.15, 0.2) is 81.2 Å². The van der Waals surface area contributed by atoms with E-state index in [9.17, 15) is 28.4 Å². The lowest BCUT2D eigenvalue weighted by molar-refractivity contribution is -0.384. The summed E-state index contributed by atoms with van der Waals surface area (Å²) >= 11 is 3.31. The van der Waals surface area contributed by atoms with Crippen molar-refractivity contribution < 1.29 is 23.2 Å². The van der Waals surface area contributed by atoms with Crippen molar-refractivity contribution in [3.8, 4) is 0 Å². The van der Waals surface area contributed by atoms with Crippen molar-refractivity contribution in [2.75, 3.05) is 10.1 Å². The maximum Gasteiger partial charge on any atom is 0.337 e. The second kappa shape index (κ2) is 9.58. The quantitative estimate of drug-likeness (QED) is 0.228. The number of carboxylic acid groups (broad SMARTS) is 1. The lowest BCUT2D eigenvalue weighted by Gasteiger charge is -2.11. The molecule has 3 rings (SSSR count). The van der Waals surface area contributed by atoms with Crippen molar-refractivity contribution in [1.82, 2.24) is 0 Å². The lowest BCUT2D eigenvalue weighted by Crippen LogP contribution is -2.16. The number of hydrogen-bond acceptors (Lipinski definition) is 7. The van der Waals surface area contributed by atoms with Crippen molar-refractivity contribution >= 4 is 55.2 Å². The molecule has 164 valence electrons. The van der Waals surface area contributed by atoms with E-state index in [-0.39, 0.29) is 16.9 Å². The van der Waals surface area contributed by atoms with Crippen molar-refractivity contribution in [1.29, 1.82) is 0 Å². The number of sulfonamides is 1. The number of nitro benzene ring substituents is 1. The molecular formula is C20H15BrN4O6S. The van der Waals surface area contributed by atoms with Crippen molar-refractivity contribution in [3.05, 3.63) is 92.4 Å². The minimum atomic E-state index is -4.30. The third kappa shape index (κ3) is 5.47. The zero-order chi connectivity index (χ0) is 23.3. The SMILES string of the molecule is O=C(O)c1ccccc1NS(=O)(=O)c1ccc(NN=Cc2ccc(Br)cc2)c([N+](=O)[O-])c1. The van der Waals surface area contributed by atoms with Crippen molar-refractivity contribution in [2.45, 2.75) is 4.90 Å². The molecule has 32 heavy (non-hydrogen) atoms. The lowest BCUT2D eigenvalue weighted by atomic mass is 10.2. The van der Waals surface area contributed by atoms with E-state index in [1.54, 1.807) is 24.3 Å². The molecular weight excluding hydrogens is 504 g/mol. The van der Waals surface area contributed by atoms with Crippen LogP contribution in [0.3, 0.4) is 0 Å². The number of carboxylic acids is 1. The molecule has 3 N–H and O–H groups in total. The number of benzene rings is 3. The minimum Gasteiger partial charge on any atom is -0.478 e. The summed E-state index contributed by atoms with van der Waals surface area (Å²) in [5, 5.41) is 24.7. The molecule has 3 aromatic carbocycles. The fourth-order valence-electron chi connectivity index (χ4n) is 2.61. The molecule has 0 unspecified atom stereocenters. The number of rotatable bonds is 8. The molecule has 0 fully saturated rings. The summed E-state index contributed by atoms with van der Waals surface area (Å²) < 4.78 is 28.5. The van der Waals surface area contributed by atoms with E-state index in [1.165, 1.54) is 36.5 Å². The molecule has 10 nitrogen and oxygen atoms in total. The summed E-state index contributed by atoms with van der Waals surface area (Å²) in [5.74, 6) is -1.32. The van der Waals surface area contributed by atoms with Crippen LogP contribution in [0.25, 0.3) is 0 Å². The molecule has 3 aromatic rings. The molecule has 0 heterocycles. The van der Waals surface area contributed by atoms with E-state index < -0.39 is 31.5 Å². The van der Waals surface area contributed by atoms with Gasteiger partial charge in [-0.1, -0.05) is 40.2 Å². The summed E-state index contributed by atoms with van der Waals surface area (Å²) in [6.07, 6.45) is 1.45. The van der Waals surface area contributed by atoms with Crippen LogP contribution in [0.2, 0.25) is 0 Å². The van der Waals surface area contributed by atoms with Gasteiger partial charge in [-0.25, -0.2) is 13.2 Å². The highest BCUT2D eigenvalue weighted by molar-refractivity contribution is 9.10. The average molecular weight is 519 g/mol. The number of nitrogens with zero attached hydrogens (tertiary/aromatic N) is 2. The number of anilines is 2. The van der Waals surface area contributed by atoms with Crippen molar-refractivity contribution in [3.63, 3.8) is 0 Å². The van der Waals surface area contributed by atoms with Crippen molar-refractivity contribution in [2.24, 2.45) is 5.10 Å². The molecule has 0 aliphatic heterocycles. The first-order valence-electron chi connectivity index (χ1n) is 8.85. The maximum atomic E-state index is 12.7. The minimum absolute atomic E-state index is 0.0201. The Morgan fingerprint density at radius 2 is 1.75 bits per heavy atom. The fraction of sp³-hybridized carbons (Fsp3) is 0. The Hall–Kier alpha value is -3.77. The molecule has 12 heteroatoms. The number of halogens is 1. The van der Waals surface area contributed by atoms with Gasteiger partial charge in [0.1, 0.15) is 5.69 Å². The summed E-state index contributed by atoms with van der Waals surface area (Å²) in [6.45, 7) is 0. The molecule has 0 spiro atoms. The average Bonchev–Trinajstić information content (AvgIpc) is 2.75. The molecule has 0 radical (unpaired) electrons. The maximum absolute atomic E-state index is 12.7. The van der Waals surface area contributed by atoms with E-state index >= 15 is 0 Å². The van der Waals surface area contributed by atoms with Crippen LogP contribution in [-0.2, 0) is 10.0 Å². The highest BCUT2D eigenvalue weighted by Gasteiger charge is 2.23. The summed E-state index contributed by atoms with van der Waals surface area (Å²) in [6, 6.07) is 15.8. The third-order valence-electron chi connectivity index (χ3n) is 4.15. The summed E-state index contributed by atoms with van der Waals surface area (Å²) in [7, 11) is -4.30. The molecule has 0 saturated heterocycles. The highest BCUT2D eigenvalue weighted by Crippen LogP contribution is 2.29. The van der Waals surface area contributed by atoms with Crippen LogP contribution >= 0.6 is 15.9 Å². The van der Waals surface area contributed by atoms with E-state index in [4.69, 9.17) is 0 Å². The fourth-order valence-corrected chi connectivity index (χ4v) is 3.98. The molecule has 0 saturated carbocycles. The van der Waals surface area contributed by atoms with E-state index in [0.29, 0.717) is 0 Å². The second-order valence-electron chi connectivity index (χ2n) is 6.31. The normalized spacial score (nSPS) is 11.3. The second-order valence-corrected chi connectivity index (χ2v) is 8.91. The predicted molar refractivity (Wildman–Crippen MR) is 123 cm³/mol. The molecule has 0 aliphatic rings. The van der Waals surface area contributed by atoms with E-state index in [2.05, 4.69) is 31.2 Å². The first kappa shape index (κ1) is 22.9. The Kier molecular flexibility index (Phi) is 6.85. The van der Waals surface area contributed by atoms with Gasteiger partial charge in [-0.2, -0.15) is 5.10 Å². The van der Waals surface area contributed by atoms with Crippen LogP contribution in [0, 0.1) is 10.1 Å². The van der Waals surface area contributed by atoms with Crippen LogP contribution in [0.1, 0.15) is 15.9 Å². The standard InChI is InChI=1S/C20H15BrN4O6S/c21-14-7-5-13(6-8-14)12-22-23-18-10-9-15(11-19(18)25(28)29)32(30,31)24-17-4-2-1-3-16(17)20(26)27/h1-12,23-24H,(H,26,27). The van der Waals surface area contributed by atoms with Gasteiger partial charge in [-0.15, -0.1) is 0 Å². The van der Waals surface area contributed by atoms with Gasteiger partial charge in [0.05, 0.1) is 27.3 Å². The Balaban J connectivity index is 1.87. The topological polar surface area (TPSA) is 151 Å². The zero-order valence-corrected chi connectivity index (χ0v) is 18.5.